The second-order valence-electron chi connectivity index (χ2n) is 5.67. The van der Waals surface area contributed by atoms with Crippen molar-refractivity contribution >= 4 is 42.7 Å². The molecule has 2 unspecified atom stereocenters. The van der Waals surface area contributed by atoms with Crippen LogP contribution in [0.15, 0.2) is 57.9 Å². The van der Waals surface area contributed by atoms with E-state index < -0.39 is 32.8 Å². The van der Waals surface area contributed by atoms with E-state index in [-0.39, 0.29) is 17.1 Å². The monoisotopic (exact) mass is 474 g/mol. The molecule has 146 valence electrons. The fraction of sp³-hybridized carbons (Fsp3) is 0.235. The highest BCUT2D eigenvalue weighted by Gasteiger charge is 2.24. The Morgan fingerprint density at radius 1 is 1.15 bits per heavy atom. The van der Waals surface area contributed by atoms with Gasteiger partial charge in [-0.1, -0.05) is 15.9 Å². The summed E-state index contributed by atoms with van der Waals surface area (Å²) in [5, 5.41) is 0. The number of hydrogen-bond donors (Lipinski definition) is 2. The molecule has 0 saturated carbocycles. The van der Waals surface area contributed by atoms with Gasteiger partial charge in [-0.3, -0.25) is 9.00 Å². The summed E-state index contributed by atoms with van der Waals surface area (Å²) in [4.78, 5) is 11.4. The maximum Gasteiger partial charge on any atom is 0.241 e. The van der Waals surface area contributed by atoms with E-state index in [2.05, 4.69) is 20.7 Å². The number of nitrogens with two attached hydrogens (primary N) is 1. The second-order valence-corrected chi connectivity index (χ2v) is 9.85. The first-order valence-electron chi connectivity index (χ1n) is 7.82. The molecule has 0 aliphatic heterocycles. The van der Waals surface area contributed by atoms with Crippen LogP contribution in [0, 0.1) is 0 Å². The number of primary amides is 1. The van der Waals surface area contributed by atoms with E-state index in [0.29, 0.717) is 11.5 Å². The van der Waals surface area contributed by atoms with Gasteiger partial charge in [0.25, 0.3) is 0 Å². The molecule has 3 N–H and O–H groups in total. The Morgan fingerprint density at radius 2 is 1.67 bits per heavy atom. The number of benzene rings is 2. The van der Waals surface area contributed by atoms with Crippen molar-refractivity contribution in [3.63, 3.8) is 0 Å². The molecule has 2 aromatic carbocycles. The number of nitrogens with one attached hydrogen (secondary N) is 1. The predicted octanol–water partition coefficient (Wildman–Crippen LogP) is 2.14. The summed E-state index contributed by atoms with van der Waals surface area (Å²) in [6.07, 6.45) is 1.53. The molecule has 0 fully saturated rings. The van der Waals surface area contributed by atoms with Crippen LogP contribution < -0.4 is 15.2 Å². The van der Waals surface area contributed by atoms with E-state index >= 15 is 0 Å². The van der Waals surface area contributed by atoms with Crippen LogP contribution in [0.25, 0.3) is 0 Å². The van der Waals surface area contributed by atoms with E-state index in [0.717, 1.165) is 4.47 Å². The number of amides is 1. The van der Waals surface area contributed by atoms with Crippen molar-refractivity contribution in [2.45, 2.75) is 17.4 Å². The molecule has 2 atom stereocenters. The van der Waals surface area contributed by atoms with Gasteiger partial charge < -0.3 is 10.5 Å². The first kappa shape index (κ1) is 21.5. The van der Waals surface area contributed by atoms with Crippen LogP contribution in [-0.2, 0) is 25.6 Å². The van der Waals surface area contributed by atoms with Gasteiger partial charge in [-0.25, -0.2) is 8.42 Å². The molecule has 0 saturated heterocycles. The average Bonchev–Trinajstić information content (AvgIpc) is 2.60. The van der Waals surface area contributed by atoms with Gasteiger partial charge in [0, 0.05) is 27.3 Å². The summed E-state index contributed by atoms with van der Waals surface area (Å²) in [7, 11) is -5.12. The molecule has 0 aliphatic rings. The normalized spacial score (nSPS) is 13.7. The van der Waals surface area contributed by atoms with Crippen molar-refractivity contribution in [1.82, 2.24) is 4.72 Å². The predicted molar refractivity (Wildman–Crippen MR) is 108 cm³/mol. The van der Waals surface area contributed by atoms with Crippen LogP contribution in [0.4, 0.5) is 0 Å². The van der Waals surface area contributed by atoms with Crippen molar-refractivity contribution in [3.05, 3.63) is 53.0 Å². The number of halogens is 1. The summed E-state index contributed by atoms with van der Waals surface area (Å²) in [5.74, 6) is 0.410. The number of hydrogen-bond acceptors (Lipinski definition) is 5. The molecule has 27 heavy (non-hydrogen) atoms. The van der Waals surface area contributed by atoms with Gasteiger partial charge in [-0.05, 0) is 55.0 Å². The zero-order chi connectivity index (χ0) is 20.0. The summed E-state index contributed by atoms with van der Waals surface area (Å²) >= 11 is 3.33. The molecule has 2 aromatic rings. The smallest absolute Gasteiger partial charge is 0.241 e. The number of rotatable bonds is 9. The highest BCUT2D eigenvalue weighted by atomic mass is 79.9. The fourth-order valence-corrected chi connectivity index (χ4v) is 4.19. The minimum Gasteiger partial charge on any atom is -0.457 e. The lowest BCUT2D eigenvalue weighted by atomic mass is 10.2. The van der Waals surface area contributed by atoms with Crippen LogP contribution in [-0.4, -0.2) is 36.6 Å². The molecule has 0 aromatic heterocycles. The number of carbonyl (C=O) groups is 1. The molecule has 2 rings (SSSR count). The van der Waals surface area contributed by atoms with E-state index in [1.54, 1.807) is 12.1 Å². The molecule has 0 heterocycles. The third kappa shape index (κ3) is 6.73. The molecule has 0 bridgehead atoms. The quantitative estimate of drug-likeness (QED) is 0.577. The maximum absolute atomic E-state index is 12.5. The summed E-state index contributed by atoms with van der Waals surface area (Å²) < 4.78 is 44.9. The Hall–Kier alpha value is -1.75. The molecule has 10 heteroatoms. The highest BCUT2D eigenvalue weighted by Crippen LogP contribution is 2.24. The zero-order valence-electron chi connectivity index (χ0n) is 14.4. The minimum absolute atomic E-state index is 0.0328. The largest absolute Gasteiger partial charge is 0.457 e. The van der Waals surface area contributed by atoms with E-state index in [1.807, 2.05) is 12.1 Å². The summed E-state index contributed by atoms with van der Waals surface area (Å²) in [6, 6.07) is 11.8. The Bertz CT molecular complexity index is 915. The van der Waals surface area contributed by atoms with Crippen LogP contribution in [0.5, 0.6) is 11.5 Å². The molecule has 0 radical (unpaired) electrons. The summed E-state index contributed by atoms with van der Waals surface area (Å²) in [5.41, 5.74) is 5.24. The Labute approximate surface area is 168 Å². The first-order valence-corrected chi connectivity index (χ1v) is 11.8. The van der Waals surface area contributed by atoms with Crippen molar-refractivity contribution in [2.24, 2.45) is 5.73 Å². The Morgan fingerprint density at radius 3 is 2.15 bits per heavy atom. The first-order chi connectivity index (χ1) is 12.7. The maximum atomic E-state index is 12.5. The summed E-state index contributed by atoms with van der Waals surface area (Å²) in [6.45, 7) is 0. The lowest BCUT2D eigenvalue weighted by Gasteiger charge is -2.15. The van der Waals surface area contributed by atoms with Gasteiger partial charge in [0.1, 0.15) is 17.5 Å². The standard InChI is InChI=1S/C17H19BrN2O5S2/c1-26(22)11-10-16(17(19)21)20-27(23,24)15-8-6-14(7-9-15)25-13-4-2-12(18)3-5-13/h2-9,16,20H,10-11H2,1H3,(H2,19,21). The van der Waals surface area contributed by atoms with E-state index in [4.69, 9.17) is 10.5 Å². The van der Waals surface area contributed by atoms with Crippen molar-refractivity contribution in [3.8, 4) is 11.5 Å². The molecular weight excluding hydrogens is 456 g/mol. The molecular formula is C17H19BrN2O5S2. The van der Waals surface area contributed by atoms with E-state index in [1.165, 1.54) is 30.5 Å². The van der Waals surface area contributed by atoms with Crippen LogP contribution >= 0.6 is 15.9 Å². The number of ether oxygens (including phenoxy) is 1. The van der Waals surface area contributed by atoms with Gasteiger partial charge in [-0.2, -0.15) is 4.72 Å². The molecule has 0 aliphatic carbocycles. The third-order valence-corrected chi connectivity index (χ3v) is 6.35. The Balaban J connectivity index is 2.10. The fourth-order valence-electron chi connectivity index (χ4n) is 2.12. The van der Waals surface area contributed by atoms with Crippen molar-refractivity contribution in [1.29, 1.82) is 0 Å². The minimum atomic E-state index is -3.96. The molecule has 7 nitrogen and oxygen atoms in total. The van der Waals surface area contributed by atoms with Crippen LogP contribution in [0.2, 0.25) is 0 Å². The van der Waals surface area contributed by atoms with Crippen molar-refractivity contribution < 1.29 is 22.2 Å². The van der Waals surface area contributed by atoms with Gasteiger partial charge in [0.05, 0.1) is 4.90 Å². The number of sulfonamides is 1. The Kier molecular flexibility index (Phi) is 7.54. The van der Waals surface area contributed by atoms with E-state index in [9.17, 15) is 17.4 Å². The number of carbonyl (C=O) groups excluding carboxylic acids is 1. The lowest BCUT2D eigenvalue weighted by Crippen LogP contribution is -2.45. The van der Waals surface area contributed by atoms with Crippen LogP contribution in [0.1, 0.15) is 6.42 Å². The SMILES string of the molecule is CS(=O)CCC(NS(=O)(=O)c1ccc(Oc2ccc(Br)cc2)cc1)C(N)=O. The van der Waals surface area contributed by atoms with Crippen LogP contribution in [0.3, 0.4) is 0 Å². The zero-order valence-corrected chi connectivity index (χ0v) is 17.6. The second kappa shape index (κ2) is 9.45. The average molecular weight is 475 g/mol. The highest BCUT2D eigenvalue weighted by molar-refractivity contribution is 9.10. The molecule has 0 spiro atoms. The lowest BCUT2D eigenvalue weighted by molar-refractivity contribution is -0.119. The van der Waals surface area contributed by atoms with Gasteiger partial charge in [0.15, 0.2) is 0 Å². The third-order valence-electron chi connectivity index (χ3n) is 3.52. The van der Waals surface area contributed by atoms with Gasteiger partial charge in [0.2, 0.25) is 15.9 Å². The van der Waals surface area contributed by atoms with Gasteiger partial charge in [-0.15, -0.1) is 0 Å². The topological polar surface area (TPSA) is 116 Å². The van der Waals surface area contributed by atoms with Gasteiger partial charge >= 0.3 is 0 Å². The molecule has 1 amide bonds. The van der Waals surface area contributed by atoms with Crippen molar-refractivity contribution in [2.75, 3.05) is 12.0 Å².